The summed E-state index contributed by atoms with van der Waals surface area (Å²) in [5.41, 5.74) is 0. The fourth-order valence-electron chi connectivity index (χ4n) is 1.46. The number of ether oxygens (including phenoxy) is 2. The van der Waals surface area contributed by atoms with Crippen LogP contribution in [-0.2, 0) is 9.47 Å². The van der Waals surface area contributed by atoms with Crippen LogP contribution in [0.3, 0.4) is 0 Å². The van der Waals surface area contributed by atoms with Gasteiger partial charge >= 0.3 is 0 Å². The topological polar surface area (TPSA) is 58.9 Å². The summed E-state index contributed by atoms with van der Waals surface area (Å²) in [6.07, 6.45) is -1.70. The molecular weight excluding hydrogens is 136 g/mol. The summed E-state index contributed by atoms with van der Waals surface area (Å²) in [5.74, 6) is 0. The van der Waals surface area contributed by atoms with Crippen LogP contribution in [0, 0.1) is 0 Å². The molecule has 2 fully saturated rings. The van der Waals surface area contributed by atoms with E-state index in [2.05, 4.69) is 0 Å². The molecule has 0 amide bonds. The van der Waals surface area contributed by atoms with E-state index >= 15 is 0 Å². The minimum absolute atomic E-state index is 0.284. The summed E-state index contributed by atoms with van der Waals surface area (Å²) in [5, 5.41) is 18.3. The average molecular weight is 146 g/mol. The van der Waals surface area contributed by atoms with Gasteiger partial charge in [-0.15, -0.1) is 0 Å². The van der Waals surface area contributed by atoms with E-state index < -0.39 is 12.2 Å². The van der Waals surface area contributed by atoms with Crippen molar-refractivity contribution in [2.75, 3.05) is 13.2 Å². The van der Waals surface area contributed by atoms with Crippen molar-refractivity contribution in [1.29, 1.82) is 0 Å². The van der Waals surface area contributed by atoms with Crippen molar-refractivity contribution >= 4 is 0 Å². The maximum atomic E-state index is 9.16. The third-order valence-corrected chi connectivity index (χ3v) is 2.00. The minimum atomic E-state index is -0.554. The quantitative estimate of drug-likeness (QED) is 0.437. The highest BCUT2D eigenvalue weighted by molar-refractivity contribution is 4.93. The highest BCUT2D eigenvalue weighted by Crippen LogP contribution is 2.26. The van der Waals surface area contributed by atoms with Gasteiger partial charge in [0.2, 0.25) is 0 Å². The molecule has 2 aliphatic rings. The number of aliphatic hydroxyl groups excluding tert-OH is 2. The zero-order chi connectivity index (χ0) is 7.14. The first kappa shape index (κ1) is 6.54. The fraction of sp³-hybridized carbons (Fsp3) is 1.00. The summed E-state index contributed by atoms with van der Waals surface area (Å²) in [4.78, 5) is 0. The molecule has 0 aliphatic carbocycles. The summed E-state index contributed by atoms with van der Waals surface area (Å²) in [6.45, 7) is 0.568. The van der Waals surface area contributed by atoms with Crippen molar-refractivity contribution in [3.05, 3.63) is 0 Å². The van der Waals surface area contributed by atoms with Crippen LogP contribution in [0.15, 0.2) is 0 Å². The number of hydrogen-bond acceptors (Lipinski definition) is 4. The first-order valence-electron chi connectivity index (χ1n) is 3.38. The molecular formula is C6H10O4. The molecule has 2 N–H and O–H groups in total. The van der Waals surface area contributed by atoms with Crippen molar-refractivity contribution < 1.29 is 19.7 Å². The van der Waals surface area contributed by atoms with Crippen LogP contribution in [-0.4, -0.2) is 47.8 Å². The number of hydrogen-bond donors (Lipinski definition) is 2. The maximum Gasteiger partial charge on any atom is 0.114 e. The Hall–Kier alpha value is -0.160. The van der Waals surface area contributed by atoms with Crippen molar-refractivity contribution in [3.63, 3.8) is 0 Å². The molecule has 2 saturated heterocycles. The molecule has 0 aromatic carbocycles. The molecule has 0 spiro atoms. The van der Waals surface area contributed by atoms with E-state index in [-0.39, 0.29) is 25.4 Å². The van der Waals surface area contributed by atoms with Crippen molar-refractivity contribution in [3.8, 4) is 0 Å². The molecule has 4 heteroatoms. The molecule has 2 heterocycles. The smallest absolute Gasteiger partial charge is 0.114 e. The van der Waals surface area contributed by atoms with Crippen molar-refractivity contribution in [2.45, 2.75) is 24.4 Å². The van der Waals surface area contributed by atoms with E-state index in [1.807, 2.05) is 0 Å². The van der Waals surface area contributed by atoms with Crippen molar-refractivity contribution in [1.82, 2.24) is 0 Å². The Kier molecular flexibility index (Phi) is 1.42. The van der Waals surface area contributed by atoms with Gasteiger partial charge in [0.25, 0.3) is 0 Å². The van der Waals surface area contributed by atoms with Gasteiger partial charge in [0.1, 0.15) is 24.4 Å². The fourth-order valence-corrected chi connectivity index (χ4v) is 1.46. The summed E-state index contributed by atoms with van der Waals surface area (Å²) in [7, 11) is 0. The highest BCUT2D eigenvalue weighted by atomic mass is 16.6. The van der Waals surface area contributed by atoms with Crippen LogP contribution in [0.5, 0.6) is 0 Å². The lowest BCUT2D eigenvalue weighted by Crippen LogP contribution is -2.30. The molecule has 0 bridgehead atoms. The van der Waals surface area contributed by atoms with Crippen LogP contribution in [0.1, 0.15) is 0 Å². The Balaban J connectivity index is 2.09. The molecule has 0 aromatic rings. The average Bonchev–Trinajstić information content (AvgIpc) is 2.41. The molecule has 10 heavy (non-hydrogen) atoms. The predicted molar refractivity (Wildman–Crippen MR) is 31.5 cm³/mol. The molecule has 58 valence electrons. The molecule has 0 aromatic heterocycles. The molecule has 4 atom stereocenters. The summed E-state index contributed by atoms with van der Waals surface area (Å²) >= 11 is 0. The van der Waals surface area contributed by atoms with Crippen LogP contribution >= 0.6 is 0 Å². The van der Waals surface area contributed by atoms with Gasteiger partial charge < -0.3 is 19.7 Å². The number of aliphatic hydroxyl groups is 2. The van der Waals surface area contributed by atoms with Gasteiger partial charge in [0, 0.05) is 0 Å². The van der Waals surface area contributed by atoms with Crippen LogP contribution in [0.2, 0.25) is 0 Å². The molecule has 2 aliphatic heterocycles. The second-order valence-electron chi connectivity index (χ2n) is 2.73. The van der Waals surface area contributed by atoms with Gasteiger partial charge in [0.15, 0.2) is 0 Å². The third-order valence-electron chi connectivity index (χ3n) is 2.00. The molecule has 3 unspecified atom stereocenters. The van der Waals surface area contributed by atoms with Gasteiger partial charge in [-0.3, -0.25) is 0 Å². The molecule has 0 radical (unpaired) electrons. The van der Waals surface area contributed by atoms with Crippen molar-refractivity contribution in [2.24, 2.45) is 0 Å². The molecule has 0 saturated carbocycles. The number of fused-ring (bicyclic) bond motifs is 1. The first-order valence-corrected chi connectivity index (χ1v) is 3.38. The largest absolute Gasteiger partial charge is 0.388 e. The van der Waals surface area contributed by atoms with Crippen LogP contribution in [0.25, 0.3) is 0 Å². The Labute approximate surface area is 58.4 Å². The zero-order valence-corrected chi connectivity index (χ0v) is 5.43. The van der Waals surface area contributed by atoms with Gasteiger partial charge in [0.05, 0.1) is 13.2 Å². The van der Waals surface area contributed by atoms with Crippen LogP contribution < -0.4 is 0 Å². The van der Waals surface area contributed by atoms with Gasteiger partial charge in [-0.25, -0.2) is 0 Å². The van der Waals surface area contributed by atoms with E-state index in [9.17, 15) is 0 Å². The lowest BCUT2D eigenvalue weighted by Gasteiger charge is -2.09. The number of rotatable bonds is 0. The summed E-state index contributed by atoms with van der Waals surface area (Å²) < 4.78 is 10.2. The maximum absolute atomic E-state index is 9.16. The standard InChI is InChI=1S/C6H10O4/c7-3-1-9-6-4(8)2-10-5(3)6/h3-8H,1-2H2/t3?,4?,5-,6?/m1/s1. The van der Waals surface area contributed by atoms with E-state index in [1.165, 1.54) is 0 Å². The van der Waals surface area contributed by atoms with Crippen LogP contribution in [0.4, 0.5) is 0 Å². The first-order chi connectivity index (χ1) is 4.79. The Morgan fingerprint density at radius 2 is 1.30 bits per heavy atom. The van der Waals surface area contributed by atoms with E-state index in [0.717, 1.165) is 0 Å². The second-order valence-corrected chi connectivity index (χ2v) is 2.73. The lowest BCUT2D eigenvalue weighted by atomic mass is 10.1. The third kappa shape index (κ3) is 0.769. The Morgan fingerprint density at radius 3 is 1.70 bits per heavy atom. The molecule has 4 nitrogen and oxygen atoms in total. The normalized spacial score (nSPS) is 53.4. The van der Waals surface area contributed by atoms with E-state index in [4.69, 9.17) is 19.7 Å². The van der Waals surface area contributed by atoms with E-state index in [1.54, 1.807) is 0 Å². The lowest BCUT2D eigenvalue weighted by molar-refractivity contribution is 0.00205. The molecule has 2 rings (SSSR count). The SMILES string of the molecule is OC1CO[C@@H]2C(O)COC12. The van der Waals surface area contributed by atoms with E-state index in [0.29, 0.717) is 0 Å². The van der Waals surface area contributed by atoms with Gasteiger partial charge in [-0.1, -0.05) is 0 Å². The van der Waals surface area contributed by atoms with Gasteiger partial charge in [-0.2, -0.15) is 0 Å². The Bertz CT molecular complexity index is 122. The van der Waals surface area contributed by atoms with Gasteiger partial charge in [-0.05, 0) is 0 Å². The summed E-state index contributed by atoms with van der Waals surface area (Å²) in [6, 6.07) is 0. The Morgan fingerprint density at radius 1 is 0.900 bits per heavy atom. The minimum Gasteiger partial charge on any atom is -0.388 e. The predicted octanol–water partition coefficient (Wildman–Crippen LogP) is -1.49. The highest BCUT2D eigenvalue weighted by Gasteiger charge is 2.46. The monoisotopic (exact) mass is 146 g/mol. The second kappa shape index (κ2) is 2.17. The zero-order valence-electron chi connectivity index (χ0n) is 5.43.